The highest BCUT2D eigenvalue weighted by molar-refractivity contribution is 5.92. The second kappa shape index (κ2) is 9.77. The molecule has 3 amide bonds. The van der Waals surface area contributed by atoms with Crippen LogP contribution in [0.25, 0.3) is 0 Å². The molecule has 1 heterocycles. The molecule has 2 rings (SSSR count). The monoisotopic (exact) mass is 388 g/mol. The molecule has 0 aliphatic carbocycles. The Hall–Kier alpha value is -3.03. The lowest BCUT2D eigenvalue weighted by Gasteiger charge is -2.26. The molecular formula is C20H28N4O4. The van der Waals surface area contributed by atoms with Gasteiger partial charge in [-0.05, 0) is 46.8 Å². The molecule has 152 valence electrons. The van der Waals surface area contributed by atoms with Gasteiger partial charge in [-0.2, -0.15) is 0 Å². The number of benzene rings is 1. The van der Waals surface area contributed by atoms with E-state index in [4.69, 9.17) is 9.15 Å². The number of para-hydroxylation sites is 2. The van der Waals surface area contributed by atoms with Crippen LogP contribution in [0.2, 0.25) is 0 Å². The fourth-order valence-corrected chi connectivity index (χ4v) is 2.50. The van der Waals surface area contributed by atoms with E-state index in [0.717, 1.165) is 0 Å². The summed E-state index contributed by atoms with van der Waals surface area (Å²) in [5.74, 6) is 0.581. The van der Waals surface area contributed by atoms with Crippen LogP contribution >= 0.6 is 0 Å². The van der Waals surface area contributed by atoms with Crippen LogP contribution in [0.15, 0.2) is 34.9 Å². The first-order valence-electron chi connectivity index (χ1n) is 9.36. The molecule has 28 heavy (non-hydrogen) atoms. The Labute approximate surface area is 165 Å². The van der Waals surface area contributed by atoms with Crippen LogP contribution in [0.4, 0.5) is 10.5 Å². The number of oxazole rings is 1. The Bertz CT molecular complexity index is 801. The third kappa shape index (κ3) is 5.73. The smallest absolute Gasteiger partial charge is 0.322 e. The molecule has 0 saturated heterocycles. The van der Waals surface area contributed by atoms with Crippen LogP contribution in [-0.4, -0.2) is 40.5 Å². The fourth-order valence-electron chi connectivity index (χ4n) is 2.50. The molecule has 1 aromatic heterocycles. The first kappa shape index (κ1) is 21.3. The number of aromatic nitrogens is 1. The second-order valence-corrected chi connectivity index (χ2v) is 6.84. The van der Waals surface area contributed by atoms with Crippen LogP contribution in [0.3, 0.4) is 0 Å². The number of hydrogen-bond acceptors (Lipinski definition) is 5. The summed E-state index contributed by atoms with van der Waals surface area (Å²) >= 11 is 0. The Morgan fingerprint density at radius 1 is 1.21 bits per heavy atom. The molecule has 0 bridgehead atoms. The van der Waals surface area contributed by atoms with Gasteiger partial charge in [0, 0.05) is 12.1 Å². The van der Waals surface area contributed by atoms with Gasteiger partial charge in [0.1, 0.15) is 12.0 Å². The van der Waals surface area contributed by atoms with E-state index in [1.165, 1.54) is 6.26 Å². The summed E-state index contributed by atoms with van der Waals surface area (Å²) < 4.78 is 10.9. The Morgan fingerprint density at radius 2 is 1.93 bits per heavy atom. The molecule has 8 heteroatoms. The maximum absolute atomic E-state index is 12.8. The number of carbonyl (C=O) groups excluding carboxylic acids is 2. The lowest BCUT2D eigenvalue weighted by molar-refractivity contribution is 0.0938. The van der Waals surface area contributed by atoms with Crippen molar-refractivity contribution >= 4 is 17.6 Å². The van der Waals surface area contributed by atoms with E-state index < -0.39 is 0 Å². The molecule has 2 aromatic rings. The topological polar surface area (TPSA) is 96.7 Å². The van der Waals surface area contributed by atoms with Gasteiger partial charge >= 0.3 is 6.03 Å². The first-order valence-corrected chi connectivity index (χ1v) is 9.36. The predicted octanol–water partition coefficient (Wildman–Crippen LogP) is 3.65. The molecule has 0 atom stereocenters. The Balaban J connectivity index is 2.10. The van der Waals surface area contributed by atoms with Crippen molar-refractivity contribution in [2.75, 3.05) is 11.9 Å². The Kier molecular flexibility index (Phi) is 7.43. The van der Waals surface area contributed by atoms with Gasteiger partial charge in [-0.25, -0.2) is 9.78 Å². The number of rotatable bonds is 8. The molecular weight excluding hydrogens is 360 g/mol. The summed E-state index contributed by atoms with van der Waals surface area (Å²) in [6.45, 7) is 10.0. The highest BCUT2D eigenvalue weighted by Gasteiger charge is 2.22. The van der Waals surface area contributed by atoms with E-state index in [2.05, 4.69) is 15.6 Å². The lowest BCUT2D eigenvalue weighted by Crippen LogP contribution is -2.39. The van der Waals surface area contributed by atoms with Gasteiger partial charge in [-0.15, -0.1) is 0 Å². The zero-order chi connectivity index (χ0) is 20.7. The predicted molar refractivity (Wildman–Crippen MR) is 106 cm³/mol. The van der Waals surface area contributed by atoms with E-state index in [-0.39, 0.29) is 42.2 Å². The largest absolute Gasteiger partial charge is 0.492 e. The molecule has 2 N–H and O–H groups in total. The number of anilines is 1. The van der Waals surface area contributed by atoms with Crippen molar-refractivity contribution in [2.24, 2.45) is 0 Å². The summed E-state index contributed by atoms with van der Waals surface area (Å²) in [6.07, 6.45) is 1.30. The van der Waals surface area contributed by atoms with Crippen LogP contribution in [0, 0.1) is 0 Å². The van der Waals surface area contributed by atoms with Crippen molar-refractivity contribution in [3.63, 3.8) is 0 Å². The lowest BCUT2D eigenvalue weighted by atomic mass is 10.3. The summed E-state index contributed by atoms with van der Waals surface area (Å²) in [4.78, 5) is 30.6. The van der Waals surface area contributed by atoms with Crippen molar-refractivity contribution < 1.29 is 18.7 Å². The Morgan fingerprint density at radius 3 is 2.57 bits per heavy atom. The van der Waals surface area contributed by atoms with Crippen molar-refractivity contribution in [1.29, 1.82) is 0 Å². The van der Waals surface area contributed by atoms with Gasteiger partial charge in [0.15, 0.2) is 5.69 Å². The molecule has 0 unspecified atom stereocenters. The highest BCUT2D eigenvalue weighted by atomic mass is 16.5. The number of hydrogen-bond donors (Lipinski definition) is 2. The first-order chi connectivity index (χ1) is 13.3. The summed E-state index contributed by atoms with van der Waals surface area (Å²) in [7, 11) is 0. The van der Waals surface area contributed by atoms with Crippen LogP contribution < -0.4 is 15.4 Å². The van der Waals surface area contributed by atoms with Crippen molar-refractivity contribution in [2.45, 2.75) is 53.2 Å². The maximum Gasteiger partial charge on any atom is 0.322 e. The van der Waals surface area contributed by atoms with Crippen LogP contribution in [-0.2, 0) is 6.54 Å². The van der Waals surface area contributed by atoms with E-state index in [1.54, 1.807) is 17.0 Å². The minimum Gasteiger partial charge on any atom is -0.492 e. The van der Waals surface area contributed by atoms with Gasteiger partial charge < -0.3 is 24.7 Å². The number of carbonyl (C=O) groups is 2. The van der Waals surface area contributed by atoms with Crippen molar-refractivity contribution in [3.05, 3.63) is 42.1 Å². The minimum absolute atomic E-state index is 0.00371. The van der Waals surface area contributed by atoms with Gasteiger partial charge in [-0.3, -0.25) is 4.79 Å². The molecule has 0 saturated carbocycles. The number of nitrogens with one attached hydrogen (secondary N) is 2. The van der Waals surface area contributed by atoms with Crippen molar-refractivity contribution in [1.82, 2.24) is 15.2 Å². The summed E-state index contributed by atoms with van der Waals surface area (Å²) in [6, 6.07) is 6.82. The van der Waals surface area contributed by atoms with Crippen LogP contribution in [0.5, 0.6) is 5.75 Å². The standard InChI is InChI=1S/C20H28N4O4/c1-6-27-17-10-8-7-9-15(17)23-20(26)24(14(4)5)11-18-22-16(12-28-18)19(25)21-13(2)3/h7-10,12-14H,6,11H2,1-5H3,(H,21,25)(H,23,26). The van der Waals surface area contributed by atoms with Gasteiger partial charge in [0.25, 0.3) is 5.91 Å². The van der Waals surface area contributed by atoms with E-state index in [9.17, 15) is 9.59 Å². The second-order valence-electron chi connectivity index (χ2n) is 6.84. The maximum atomic E-state index is 12.8. The average molecular weight is 388 g/mol. The number of nitrogens with zero attached hydrogens (tertiary/aromatic N) is 2. The molecule has 1 aromatic carbocycles. The third-order valence-electron chi connectivity index (χ3n) is 3.82. The fraction of sp³-hybridized carbons (Fsp3) is 0.450. The van der Waals surface area contributed by atoms with E-state index in [1.807, 2.05) is 46.8 Å². The average Bonchev–Trinajstić information content (AvgIpc) is 3.09. The van der Waals surface area contributed by atoms with Gasteiger partial charge in [-0.1, -0.05) is 12.1 Å². The number of ether oxygens (including phenoxy) is 1. The SMILES string of the molecule is CCOc1ccccc1NC(=O)N(Cc1nc(C(=O)NC(C)C)co1)C(C)C. The van der Waals surface area contributed by atoms with E-state index >= 15 is 0 Å². The van der Waals surface area contributed by atoms with E-state index in [0.29, 0.717) is 18.0 Å². The highest BCUT2D eigenvalue weighted by Crippen LogP contribution is 2.24. The molecule has 0 radical (unpaired) electrons. The zero-order valence-corrected chi connectivity index (χ0v) is 17.0. The normalized spacial score (nSPS) is 10.8. The number of urea groups is 1. The summed E-state index contributed by atoms with van der Waals surface area (Å²) in [5, 5.41) is 5.62. The molecule has 0 aliphatic heterocycles. The molecule has 8 nitrogen and oxygen atoms in total. The van der Waals surface area contributed by atoms with Crippen LogP contribution in [0.1, 0.15) is 51.0 Å². The molecule has 0 fully saturated rings. The number of amides is 3. The third-order valence-corrected chi connectivity index (χ3v) is 3.82. The van der Waals surface area contributed by atoms with Crippen molar-refractivity contribution in [3.8, 4) is 5.75 Å². The minimum atomic E-state index is -0.312. The molecule has 0 aliphatic rings. The summed E-state index contributed by atoms with van der Waals surface area (Å²) in [5.41, 5.74) is 0.777. The quantitative estimate of drug-likeness (QED) is 0.719. The zero-order valence-electron chi connectivity index (χ0n) is 17.0. The molecule has 0 spiro atoms. The van der Waals surface area contributed by atoms with Gasteiger partial charge in [0.05, 0.1) is 18.8 Å². The van der Waals surface area contributed by atoms with Gasteiger partial charge in [0.2, 0.25) is 5.89 Å².